The molecule has 0 fully saturated rings. The van der Waals surface area contributed by atoms with E-state index >= 15 is 0 Å². The molecule has 0 radical (unpaired) electrons. The lowest BCUT2D eigenvalue weighted by Gasteiger charge is -2.11. The first-order valence-electron chi connectivity index (χ1n) is 12.7. The molecule has 8 nitrogen and oxygen atoms in total. The topological polar surface area (TPSA) is 110 Å². The molecule has 0 bridgehead atoms. The van der Waals surface area contributed by atoms with Gasteiger partial charge in [0.2, 0.25) is 5.91 Å². The number of ether oxygens (including phenoxy) is 1. The highest BCUT2D eigenvalue weighted by Gasteiger charge is 2.14. The van der Waals surface area contributed by atoms with Crippen molar-refractivity contribution >= 4 is 70.5 Å². The third-order valence-corrected chi connectivity index (χ3v) is 8.55. The molecule has 2 aromatic heterocycles. The van der Waals surface area contributed by atoms with Crippen LogP contribution in [0.2, 0.25) is 5.02 Å². The largest absolute Gasteiger partial charge is 0.487 e. The Morgan fingerprint density at radius 1 is 1.07 bits per heavy atom. The summed E-state index contributed by atoms with van der Waals surface area (Å²) < 4.78 is 42.7. The summed E-state index contributed by atoms with van der Waals surface area (Å²) in [5, 5.41) is 8.24. The summed E-state index contributed by atoms with van der Waals surface area (Å²) in [5.74, 6) is 0.517. The Labute approximate surface area is 245 Å². The Morgan fingerprint density at radius 3 is 2.71 bits per heavy atom. The second-order valence-electron chi connectivity index (χ2n) is 9.50. The number of benzene rings is 3. The van der Waals surface area contributed by atoms with E-state index in [2.05, 4.69) is 20.6 Å². The molecule has 212 valence electrons. The van der Waals surface area contributed by atoms with Crippen LogP contribution in [-0.2, 0) is 27.7 Å². The summed E-state index contributed by atoms with van der Waals surface area (Å²) >= 11 is 8.01. The lowest BCUT2D eigenvalue weighted by atomic mass is 10.1. The SMILES string of the molecule is CS(=O)(=O)CCNC(=O)CCc1ccc2c(c1)sc1ncnc(Nc3ccc(OCc4cccc(F)c4)c(Cl)c3)c12. The monoisotopic (exact) mass is 612 g/mol. The fraction of sp³-hybridized carbons (Fsp3) is 0.207. The minimum atomic E-state index is -3.12. The summed E-state index contributed by atoms with van der Waals surface area (Å²) in [6.45, 7) is 0.296. The number of nitrogens with zero attached hydrogens (tertiary/aromatic N) is 2. The number of halogens is 2. The van der Waals surface area contributed by atoms with E-state index in [1.54, 1.807) is 24.3 Å². The summed E-state index contributed by atoms with van der Waals surface area (Å²) in [4.78, 5) is 21.9. The lowest BCUT2D eigenvalue weighted by molar-refractivity contribution is -0.120. The number of rotatable bonds is 11. The Hall–Kier alpha value is -3.80. The van der Waals surface area contributed by atoms with Gasteiger partial charge < -0.3 is 15.4 Å². The molecule has 0 atom stereocenters. The third kappa shape index (κ3) is 7.49. The van der Waals surface area contributed by atoms with Crippen LogP contribution in [0.4, 0.5) is 15.9 Å². The van der Waals surface area contributed by atoms with Gasteiger partial charge in [-0.15, -0.1) is 11.3 Å². The van der Waals surface area contributed by atoms with Gasteiger partial charge in [-0.1, -0.05) is 35.9 Å². The van der Waals surface area contributed by atoms with E-state index in [4.69, 9.17) is 16.3 Å². The van der Waals surface area contributed by atoms with Gasteiger partial charge in [-0.2, -0.15) is 0 Å². The molecule has 0 saturated carbocycles. The molecule has 2 heterocycles. The van der Waals surface area contributed by atoms with Crippen LogP contribution in [0.15, 0.2) is 67.0 Å². The van der Waals surface area contributed by atoms with Gasteiger partial charge >= 0.3 is 0 Å². The first kappa shape index (κ1) is 28.7. The van der Waals surface area contributed by atoms with Crippen LogP contribution in [0.1, 0.15) is 17.5 Å². The maximum Gasteiger partial charge on any atom is 0.220 e. The highest BCUT2D eigenvalue weighted by molar-refractivity contribution is 7.90. The number of carbonyl (C=O) groups is 1. The number of anilines is 2. The smallest absolute Gasteiger partial charge is 0.220 e. The van der Waals surface area contributed by atoms with Crippen LogP contribution in [0.25, 0.3) is 20.3 Å². The molecular weight excluding hydrogens is 587 g/mol. The van der Waals surface area contributed by atoms with E-state index < -0.39 is 9.84 Å². The Bertz CT molecular complexity index is 1850. The van der Waals surface area contributed by atoms with Crippen molar-refractivity contribution in [3.63, 3.8) is 0 Å². The quantitative estimate of drug-likeness (QED) is 0.187. The zero-order chi connectivity index (χ0) is 29.0. The summed E-state index contributed by atoms with van der Waals surface area (Å²) in [6.07, 6.45) is 3.43. The standard InChI is InChI=1S/C29H26ClFN4O4S2/c1-41(37,38)12-11-32-26(36)10-6-18-5-8-22-25(14-18)40-29-27(22)28(33-17-34-29)35-21-7-9-24(23(30)15-21)39-16-19-3-2-4-20(31)13-19/h2-5,7-9,13-15,17H,6,10-12,16H2,1H3,(H,32,36)(H,33,34,35). The van der Waals surface area contributed by atoms with Crippen molar-refractivity contribution in [3.05, 3.63) is 89.0 Å². The van der Waals surface area contributed by atoms with E-state index in [0.717, 1.165) is 32.1 Å². The summed E-state index contributed by atoms with van der Waals surface area (Å²) in [7, 11) is -3.12. The molecule has 0 saturated heterocycles. The number of nitrogens with one attached hydrogen (secondary N) is 2. The molecule has 0 aliphatic carbocycles. The van der Waals surface area contributed by atoms with Crippen molar-refractivity contribution in [2.75, 3.05) is 23.9 Å². The van der Waals surface area contributed by atoms with Crippen molar-refractivity contribution in [2.24, 2.45) is 0 Å². The molecule has 5 aromatic rings. The van der Waals surface area contributed by atoms with Gasteiger partial charge in [0.25, 0.3) is 0 Å². The average Bonchev–Trinajstić information content (AvgIpc) is 3.29. The van der Waals surface area contributed by atoms with Crippen molar-refractivity contribution in [2.45, 2.75) is 19.4 Å². The van der Waals surface area contributed by atoms with Gasteiger partial charge in [-0.25, -0.2) is 22.8 Å². The number of hydrogen-bond acceptors (Lipinski definition) is 8. The van der Waals surface area contributed by atoms with E-state index in [1.807, 2.05) is 24.3 Å². The Morgan fingerprint density at radius 2 is 1.93 bits per heavy atom. The predicted octanol–water partition coefficient (Wildman–Crippen LogP) is 6.05. The van der Waals surface area contributed by atoms with Crippen LogP contribution in [0, 0.1) is 5.82 Å². The van der Waals surface area contributed by atoms with Crippen LogP contribution >= 0.6 is 22.9 Å². The van der Waals surface area contributed by atoms with Crippen molar-refractivity contribution in [3.8, 4) is 5.75 Å². The lowest BCUT2D eigenvalue weighted by Crippen LogP contribution is -2.28. The Balaban J connectivity index is 1.28. The highest BCUT2D eigenvalue weighted by atomic mass is 35.5. The molecular formula is C29H26ClFN4O4S2. The van der Waals surface area contributed by atoms with Gasteiger partial charge in [0.05, 0.1) is 16.2 Å². The second kappa shape index (κ2) is 12.4. The van der Waals surface area contributed by atoms with E-state index in [0.29, 0.717) is 34.3 Å². The van der Waals surface area contributed by atoms with Gasteiger partial charge in [0.1, 0.15) is 45.0 Å². The minimum Gasteiger partial charge on any atom is -0.487 e. The molecule has 0 spiro atoms. The normalized spacial score (nSPS) is 11.6. The van der Waals surface area contributed by atoms with Crippen molar-refractivity contribution in [1.82, 2.24) is 15.3 Å². The van der Waals surface area contributed by atoms with Gasteiger partial charge in [-0.3, -0.25) is 4.79 Å². The van der Waals surface area contributed by atoms with Crippen LogP contribution < -0.4 is 15.4 Å². The number of carbonyl (C=O) groups excluding carboxylic acids is 1. The molecule has 5 rings (SSSR count). The Kier molecular flexibility index (Phi) is 8.67. The molecule has 3 aromatic carbocycles. The van der Waals surface area contributed by atoms with E-state index in [9.17, 15) is 17.6 Å². The summed E-state index contributed by atoms with van der Waals surface area (Å²) in [5.41, 5.74) is 2.41. The van der Waals surface area contributed by atoms with Crippen molar-refractivity contribution in [1.29, 1.82) is 0 Å². The highest BCUT2D eigenvalue weighted by Crippen LogP contribution is 2.38. The molecule has 0 unspecified atom stereocenters. The maximum atomic E-state index is 13.4. The number of amides is 1. The molecule has 0 aliphatic heterocycles. The van der Waals surface area contributed by atoms with Gasteiger partial charge in [0.15, 0.2) is 0 Å². The average molecular weight is 613 g/mol. The van der Waals surface area contributed by atoms with Crippen molar-refractivity contribution < 1.29 is 22.3 Å². The molecule has 1 amide bonds. The number of thiophene rings is 1. The number of sulfone groups is 1. The van der Waals surface area contributed by atoms with Gasteiger partial charge in [-0.05, 0) is 53.9 Å². The first-order valence-corrected chi connectivity index (χ1v) is 15.9. The predicted molar refractivity (Wildman–Crippen MR) is 161 cm³/mol. The molecule has 12 heteroatoms. The van der Waals surface area contributed by atoms with E-state index in [-0.39, 0.29) is 37.0 Å². The number of aryl methyl sites for hydroxylation is 1. The van der Waals surface area contributed by atoms with Crippen LogP contribution in [0.3, 0.4) is 0 Å². The van der Waals surface area contributed by atoms with E-state index in [1.165, 1.54) is 29.8 Å². The van der Waals surface area contributed by atoms with Crippen LogP contribution in [-0.4, -0.2) is 42.8 Å². The maximum absolute atomic E-state index is 13.4. The number of fused-ring (bicyclic) bond motifs is 3. The van der Waals surface area contributed by atoms with Crippen LogP contribution in [0.5, 0.6) is 5.75 Å². The molecule has 0 aliphatic rings. The molecule has 41 heavy (non-hydrogen) atoms. The number of aromatic nitrogens is 2. The summed E-state index contributed by atoms with van der Waals surface area (Å²) in [6, 6.07) is 17.5. The fourth-order valence-electron chi connectivity index (χ4n) is 4.24. The fourth-order valence-corrected chi connectivity index (χ4v) is 6.06. The van der Waals surface area contributed by atoms with Gasteiger partial charge in [0, 0.05) is 35.0 Å². The first-order chi connectivity index (χ1) is 19.6. The second-order valence-corrected chi connectivity index (χ2v) is 13.2. The zero-order valence-corrected chi connectivity index (χ0v) is 24.4. The third-order valence-electron chi connectivity index (χ3n) is 6.25. The number of hydrogen-bond donors (Lipinski definition) is 2. The zero-order valence-electron chi connectivity index (χ0n) is 22.0. The minimum absolute atomic E-state index is 0.0788. The molecule has 2 N–H and O–H groups in total.